The maximum Gasteiger partial charge on any atom is 0.187 e. The Balaban J connectivity index is 2.08. The maximum absolute atomic E-state index is 11.5. The van der Waals surface area contributed by atoms with E-state index in [2.05, 4.69) is 6.58 Å². The molecule has 1 heterocycles. The summed E-state index contributed by atoms with van der Waals surface area (Å²) in [6.07, 6.45) is 1.36. The molecule has 16 heavy (non-hydrogen) atoms. The zero-order chi connectivity index (χ0) is 11.4. The van der Waals surface area contributed by atoms with Crippen molar-refractivity contribution in [3.05, 3.63) is 48.6 Å². The summed E-state index contributed by atoms with van der Waals surface area (Å²) >= 11 is 0. The lowest BCUT2D eigenvalue weighted by molar-refractivity contribution is -0.211. The fourth-order valence-electron chi connectivity index (χ4n) is 1.64. The molecule has 0 radical (unpaired) electrons. The average molecular weight is 218 g/mol. The summed E-state index contributed by atoms with van der Waals surface area (Å²) < 4.78 is 10.9. The number of benzene rings is 1. The molecule has 2 atom stereocenters. The summed E-state index contributed by atoms with van der Waals surface area (Å²) in [7, 11) is 0. The van der Waals surface area contributed by atoms with E-state index >= 15 is 0 Å². The van der Waals surface area contributed by atoms with E-state index in [-0.39, 0.29) is 12.4 Å². The van der Waals surface area contributed by atoms with Gasteiger partial charge in [-0.2, -0.15) is 0 Å². The molecule has 0 saturated carbocycles. The SMILES string of the molecule is C=CC[C@@H]1O[C@H](c2ccccc2)OCC1=O. The van der Waals surface area contributed by atoms with Crippen molar-refractivity contribution in [3.63, 3.8) is 0 Å². The summed E-state index contributed by atoms with van der Waals surface area (Å²) in [5.41, 5.74) is 0.934. The molecule has 1 aliphatic heterocycles. The molecular formula is C13H14O3. The van der Waals surface area contributed by atoms with Crippen LogP contribution >= 0.6 is 0 Å². The van der Waals surface area contributed by atoms with E-state index in [0.717, 1.165) is 5.56 Å². The molecule has 3 nitrogen and oxygen atoms in total. The van der Waals surface area contributed by atoms with Crippen molar-refractivity contribution >= 4 is 5.78 Å². The molecule has 1 aromatic rings. The lowest BCUT2D eigenvalue weighted by Gasteiger charge is -2.28. The molecule has 1 aliphatic rings. The van der Waals surface area contributed by atoms with Gasteiger partial charge in [-0.15, -0.1) is 6.58 Å². The van der Waals surface area contributed by atoms with Crippen LogP contribution in [-0.2, 0) is 14.3 Å². The molecule has 0 bridgehead atoms. The van der Waals surface area contributed by atoms with Crippen molar-refractivity contribution in [3.8, 4) is 0 Å². The lowest BCUT2D eigenvalue weighted by Crippen LogP contribution is -2.36. The molecule has 84 valence electrons. The summed E-state index contributed by atoms with van der Waals surface area (Å²) in [5, 5.41) is 0. The Hall–Kier alpha value is -1.45. The topological polar surface area (TPSA) is 35.5 Å². The predicted octanol–water partition coefficient (Wildman–Crippen LogP) is 2.25. The Morgan fingerprint density at radius 1 is 1.38 bits per heavy atom. The number of hydrogen-bond donors (Lipinski definition) is 0. The van der Waals surface area contributed by atoms with Gasteiger partial charge < -0.3 is 9.47 Å². The van der Waals surface area contributed by atoms with Crippen molar-refractivity contribution in [2.45, 2.75) is 18.8 Å². The second-order valence-corrected chi connectivity index (χ2v) is 3.67. The third-order valence-electron chi connectivity index (χ3n) is 2.48. The van der Waals surface area contributed by atoms with E-state index in [9.17, 15) is 4.79 Å². The standard InChI is InChI=1S/C13H14O3/c1-2-6-12-11(14)9-15-13(16-12)10-7-4-3-5-8-10/h2-5,7-8,12-13H,1,6,9H2/t12-,13+/m0/s1. The van der Waals surface area contributed by atoms with E-state index < -0.39 is 12.4 Å². The fraction of sp³-hybridized carbons (Fsp3) is 0.308. The van der Waals surface area contributed by atoms with E-state index in [1.807, 2.05) is 30.3 Å². The van der Waals surface area contributed by atoms with Crippen LogP contribution in [0.25, 0.3) is 0 Å². The number of hydrogen-bond acceptors (Lipinski definition) is 3. The van der Waals surface area contributed by atoms with Gasteiger partial charge >= 0.3 is 0 Å². The van der Waals surface area contributed by atoms with Crippen molar-refractivity contribution < 1.29 is 14.3 Å². The minimum Gasteiger partial charge on any atom is -0.340 e. The molecule has 1 saturated heterocycles. The highest BCUT2D eigenvalue weighted by molar-refractivity contribution is 5.84. The first kappa shape index (κ1) is 11.0. The zero-order valence-electron chi connectivity index (χ0n) is 8.96. The van der Waals surface area contributed by atoms with Gasteiger partial charge in [-0.25, -0.2) is 0 Å². The average Bonchev–Trinajstić information content (AvgIpc) is 2.33. The van der Waals surface area contributed by atoms with Gasteiger partial charge in [-0.05, 0) is 6.42 Å². The summed E-state index contributed by atoms with van der Waals surface area (Å²) in [6, 6.07) is 9.61. The monoisotopic (exact) mass is 218 g/mol. The minimum atomic E-state index is -0.441. The van der Waals surface area contributed by atoms with Gasteiger partial charge in [0.15, 0.2) is 12.1 Å². The van der Waals surface area contributed by atoms with Crippen LogP contribution < -0.4 is 0 Å². The Morgan fingerprint density at radius 2 is 2.12 bits per heavy atom. The Labute approximate surface area is 94.7 Å². The molecule has 0 aromatic heterocycles. The maximum atomic E-state index is 11.5. The summed E-state index contributed by atoms with van der Waals surface area (Å²) in [5.74, 6) is -0.0212. The van der Waals surface area contributed by atoms with Gasteiger partial charge in [-0.3, -0.25) is 4.79 Å². The third-order valence-corrected chi connectivity index (χ3v) is 2.48. The van der Waals surface area contributed by atoms with E-state index in [1.54, 1.807) is 6.08 Å². The van der Waals surface area contributed by atoms with Crippen molar-refractivity contribution in [1.82, 2.24) is 0 Å². The van der Waals surface area contributed by atoms with Crippen LogP contribution in [0.4, 0.5) is 0 Å². The summed E-state index contributed by atoms with van der Waals surface area (Å²) in [6.45, 7) is 3.72. The number of ketones is 1. The van der Waals surface area contributed by atoms with Gasteiger partial charge in [0.1, 0.15) is 12.7 Å². The van der Waals surface area contributed by atoms with Gasteiger partial charge in [0, 0.05) is 5.56 Å². The van der Waals surface area contributed by atoms with Crippen molar-refractivity contribution in [2.75, 3.05) is 6.61 Å². The second kappa shape index (κ2) is 5.05. The van der Waals surface area contributed by atoms with Crippen LogP contribution in [0, 0.1) is 0 Å². The highest BCUT2D eigenvalue weighted by Crippen LogP contribution is 2.25. The normalized spacial score (nSPS) is 25.4. The van der Waals surface area contributed by atoms with Crippen LogP contribution in [0.3, 0.4) is 0 Å². The highest BCUT2D eigenvalue weighted by atomic mass is 16.7. The zero-order valence-corrected chi connectivity index (χ0v) is 8.96. The lowest BCUT2D eigenvalue weighted by atomic mass is 10.1. The van der Waals surface area contributed by atoms with Gasteiger partial charge in [0.05, 0.1) is 0 Å². The number of carbonyl (C=O) groups is 1. The molecule has 2 rings (SSSR count). The van der Waals surface area contributed by atoms with E-state index in [4.69, 9.17) is 9.47 Å². The number of rotatable bonds is 3. The quantitative estimate of drug-likeness (QED) is 0.730. The molecule has 0 unspecified atom stereocenters. The number of ether oxygens (including phenoxy) is 2. The van der Waals surface area contributed by atoms with E-state index in [0.29, 0.717) is 6.42 Å². The highest BCUT2D eigenvalue weighted by Gasteiger charge is 2.29. The Bertz CT molecular complexity index is 372. The van der Waals surface area contributed by atoms with Crippen LogP contribution in [0.2, 0.25) is 0 Å². The number of carbonyl (C=O) groups excluding carboxylic acids is 1. The fourth-order valence-corrected chi connectivity index (χ4v) is 1.64. The van der Waals surface area contributed by atoms with E-state index in [1.165, 1.54) is 0 Å². The molecule has 0 aliphatic carbocycles. The Morgan fingerprint density at radius 3 is 2.81 bits per heavy atom. The van der Waals surface area contributed by atoms with Crippen LogP contribution in [0.5, 0.6) is 0 Å². The molecule has 0 amide bonds. The first-order valence-electron chi connectivity index (χ1n) is 5.27. The van der Waals surface area contributed by atoms with Crippen LogP contribution in [0.15, 0.2) is 43.0 Å². The molecule has 3 heteroatoms. The van der Waals surface area contributed by atoms with Crippen molar-refractivity contribution in [2.24, 2.45) is 0 Å². The van der Waals surface area contributed by atoms with Crippen molar-refractivity contribution in [1.29, 1.82) is 0 Å². The summed E-state index contributed by atoms with van der Waals surface area (Å²) in [4.78, 5) is 11.5. The molecular weight excluding hydrogens is 204 g/mol. The van der Waals surface area contributed by atoms with Gasteiger partial charge in [-0.1, -0.05) is 36.4 Å². The predicted molar refractivity (Wildman–Crippen MR) is 59.8 cm³/mol. The molecule has 0 spiro atoms. The first-order chi connectivity index (χ1) is 7.81. The second-order valence-electron chi connectivity index (χ2n) is 3.67. The van der Waals surface area contributed by atoms with Crippen LogP contribution in [0.1, 0.15) is 18.3 Å². The minimum absolute atomic E-state index is 0.0212. The smallest absolute Gasteiger partial charge is 0.187 e. The molecule has 1 aromatic carbocycles. The first-order valence-corrected chi connectivity index (χ1v) is 5.27. The van der Waals surface area contributed by atoms with Gasteiger partial charge in [0.2, 0.25) is 0 Å². The largest absolute Gasteiger partial charge is 0.340 e. The number of Topliss-reactive ketones (excluding diaryl/α,β-unsaturated/α-hetero) is 1. The Kier molecular flexibility index (Phi) is 3.49. The van der Waals surface area contributed by atoms with Gasteiger partial charge in [0.25, 0.3) is 0 Å². The van der Waals surface area contributed by atoms with Crippen LogP contribution in [-0.4, -0.2) is 18.5 Å². The third kappa shape index (κ3) is 2.38. The molecule has 0 N–H and O–H groups in total. The molecule has 1 fully saturated rings.